The van der Waals surface area contributed by atoms with Gasteiger partial charge in [0.2, 0.25) is 11.8 Å². The fourth-order valence-electron chi connectivity index (χ4n) is 7.42. The van der Waals surface area contributed by atoms with Gasteiger partial charge in [-0.05, 0) is 56.2 Å². The Morgan fingerprint density at radius 1 is 1.20 bits per heavy atom. The minimum absolute atomic E-state index is 0.0712. The van der Waals surface area contributed by atoms with Crippen LogP contribution in [0.3, 0.4) is 0 Å². The summed E-state index contributed by atoms with van der Waals surface area (Å²) < 4.78 is 6.88. The molecule has 2 bridgehead atoms. The van der Waals surface area contributed by atoms with Crippen LogP contribution in [0.25, 0.3) is 0 Å². The lowest BCUT2D eigenvalue weighted by molar-refractivity contribution is -0.154. The number of anilines is 1. The summed E-state index contributed by atoms with van der Waals surface area (Å²) in [6, 6.07) is 4.32. The molecule has 3 amide bonds. The smallest absolute Gasteiger partial charge is 0.253 e. The molecular weight excluding hydrogens is 506 g/mol. The molecule has 3 heterocycles. The average molecular weight is 552 g/mol. The van der Waals surface area contributed by atoms with E-state index in [9.17, 15) is 19.5 Å². The Hall–Kier alpha value is -2.97. The van der Waals surface area contributed by atoms with Crippen LogP contribution in [-0.2, 0) is 19.1 Å². The van der Waals surface area contributed by atoms with Crippen molar-refractivity contribution in [2.75, 3.05) is 31.6 Å². The van der Waals surface area contributed by atoms with E-state index < -0.39 is 35.1 Å². The van der Waals surface area contributed by atoms with Crippen LogP contribution in [0.15, 0.2) is 43.5 Å². The summed E-state index contributed by atoms with van der Waals surface area (Å²) in [5.74, 6) is -2.56. The average Bonchev–Trinajstić information content (AvgIpc) is 3.40. The summed E-state index contributed by atoms with van der Waals surface area (Å²) in [6.07, 6.45) is 3.79. The molecule has 40 heavy (non-hydrogen) atoms. The maximum Gasteiger partial charge on any atom is 0.253 e. The lowest BCUT2D eigenvalue weighted by Gasteiger charge is -2.41. The van der Waals surface area contributed by atoms with Crippen LogP contribution < -0.4 is 4.90 Å². The number of hydrogen-bond acceptors (Lipinski definition) is 5. The molecule has 1 aromatic rings. The molecule has 1 spiro atoms. The summed E-state index contributed by atoms with van der Waals surface area (Å²) in [7, 11) is 1.70. The number of rotatable bonds is 10. The van der Waals surface area contributed by atoms with Gasteiger partial charge in [0.05, 0.1) is 30.1 Å². The minimum atomic E-state index is -1.20. The van der Waals surface area contributed by atoms with Crippen molar-refractivity contribution in [3.05, 3.63) is 54.6 Å². The number of nitrogens with zero attached hydrogens (tertiary/aromatic N) is 3. The number of aliphatic hydroxyl groups excluding tert-OH is 1. The molecule has 8 heteroatoms. The highest BCUT2D eigenvalue weighted by molar-refractivity contribution is 6.05. The molecule has 4 rings (SSSR count). The van der Waals surface area contributed by atoms with Crippen LogP contribution in [0, 0.1) is 37.5 Å². The molecule has 7 atom stereocenters. The van der Waals surface area contributed by atoms with Gasteiger partial charge in [0.15, 0.2) is 0 Å². The third kappa shape index (κ3) is 4.31. The zero-order valence-electron chi connectivity index (χ0n) is 25.0. The van der Waals surface area contributed by atoms with Gasteiger partial charge in [0.1, 0.15) is 11.6 Å². The molecule has 0 radical (unpaired) electrons. The fraction of sp³-hybridized carbons (Fsp3) is 0.594. The highest BCUT2D eigenvalue weighted by Crippen LogP contribution is 2.66. The molecule has 1 N–H and O–H groups in total. The van der Waals surface area contributed by atoms with Crippen molar-refractivity contribution >= 4 is 23.4 Å². The molecule has 3 saturated heterocycles. The summed E-state index contributed by atoms with van der Waals surface area (Å²) in [4.78, 5) is 48.1. The Kier molecular flexibility index (Phi) is 8.09. The third-order valence-corrected chi connectivity index (χ3v) is 9.58. The second kappa shape index (κ2) is 10.8. The Morgan fingerprint density at radius 2 is 1.85 bits per heavy atom. The Labute approximate surface area is 238 Å². The van der Waals surface area contributed by atoms with Crippen LogP contribution in [0.5, 0.6) is 0 Å². The van der Waals surface area contributed by atoms with Gasteiger partial charge in [0, 0.05) is 25.8 Å². The van der Waals surface area contributed by atoms with Gasteiger partial charge in [-0.25, -0.2) is 0 Å². The number of aliphatic hydroxyl groups is 1. The number of aryl methyl sites for hydroxylation is 2. The molecule has 3 unspecified atom stereocenters. The normalized spacial score (nSPS) is 31.3. The molecule has 0 aliphatic carbocycles. The van der Waals surface area contributed by atoms with E-state index in [1.807, 2.05) is 59.7 Å². The number of carbonyl (C=O) groups excluding carboxylic acids is 3. The second-order valence-electron chi connectivity index (χ2n) is 12.5. The number of benzene rings is 1. The maximum atomic E-state index is 14.9. The van der Waals surface area contributed by atoms with Crippen molar-refractivity contribution in [2.24, 2.45) is 23.7 Å². The van der Waals surface area contributed by atoms with E-state index in [-0.39, 0.29) is 42.7 Å². The SMILES string of the molecule is C=CCN(C)C(=O)[C@@H]1[C@H]2C(=O)N([C@@H](CO)C(C)C)C(C(=O)N(CC=C)c3cc(C)ccc3C)C23CC(C)[C@@]1(C)O3. The van der Waals surface area contributed by atoms with Gasteiger partial charge in [-0.1, -0.05) is 45.1 Å². The first-order valence-corrected chi connectivity index (χ1v) is 14.3. The molecule has 0 saturated carbocycles. The summed E-state index contributed by atoms with van der Waals surface area (Å²) >= 11 is 0. The van der Waals surface area contributed by atoms with E-state index in [0.717, 1.165) is 16.8 Å². The number of likely N-dealkylation sites (tertiary alicyclic amines) is 1. The zero-order chi connectivity index (χ0) is 29.7. The van der Waals surface area contributed by atoms with Gasteiger partial charge in [-0.3, -0.25) is 14.4 Å². The van der Waals surface area contributed by atoms with Crippen LogP contribution in [0.4, 0.5) is 5.69 Å². The van der Waals surface area contributed by atoms with E-state index in [1.54, 1.807) is 33.9 Å². The highest BCUT2D eigenvalue weighted by atomic mass is 16.5. The standard InChI is InChI=1S/C32H45N3O5/c1-10-14-33(9)28(37)25-26-29(38)35(24(18-36)19(3)4)27(32(26)17-22(7)31(25,8)40-32)30(39)34(15-11-2)23-16-20(5)12-13-21(23)6/h10-13,16,19,22,24-27,36H,1-2,14-15,17-18H2,3-9H3/t22?,24-,25-,26-,27?,31+,32?/m0/s1. The van der Waals surface area contributed by atoms with Crippen molar-refractivity contribution in [1.82, 2.24) is 9.80 Å². The maximum absolute atomic E-state index is 14.9. The van der Waals surface area contributed by atoms with E-state index in [4.69, 9.17) is 4.74 Å². The fourth-order valence-corrected chi connectivity index (χ4v) is 7.42. The predicted molar refractivity (Wildman–Crippen MR) is 156 cm³/mol. The minimum Gasteiger partial charge on any atom is -0.394 e. The van der Waals surface area contributed by atoms with Crippen LogP contribution >= 0.6 is 0 Å². The van der Waals surface area contributed by atoms with E-state index in [1.165, 1.54) is 0 Å². The molecule has 3 fully saturated rings. The Bertz CT molecular complexity index is 1210. The van der Waals surface area contributed by atoms with Crippen molar-refractivity contribution in [2.45, 2.75) is 71.2 Å². The lowest BCUT2D eigenvalue weighted by atomic mass is 9.62. The molecule has 3 aliphatic heterocycles. The topological polar surface area (TPSA) is 90.4 Å². The molecule has 1 aromatic carbocycles. The van der Waals surface area contributed by atoms with Crippen molar-refractivity contribution < 1.29 is 24.2 Å². The van der Waals surface area contributed by atoms with Gasteiger partial charge < -0.3 is 24.5 Å². The number of carbonyl (C=O) groups is 3. The van der Waals surface area contributed by atoms with Crippen LogP contribution in [0.2, 0.25) is 0 Å². The molecular formula is C32H45N3O5. The van der Waals surface area contributed by atoms with Crippen molar-refractivity contribution in [1.29, 1.82) is 0 Å². The summed E-state index contributed by atoms with van der Waals surface area (Å²) in [5.41, 5.74) is 0.559. The van der Waals surface area contributed by atoms with Gasteiger partial charge in [0.25, 0.3) is 5.91 Å². The quantitative estimate of drug-likeness (QED) is 0.450. The number of fused-ring (bicyclic) bond motifs is 1. The molecule has 8 nitrogen and oxygen atoms in total. The number of likely N-dealkylation sites (N-methyl/N-ethyl adjacent to an activating group) is 1. The van der Waals surface area contributed by atoms with Gasteiger partial charge >= 0.3 is 0 Å². The molecule has 0 aromatic heterocycles. The highest BCUT2D eigenvalue weighted by Gasteiger charge is 2.80. The van der Waals surface area contributed by atoms with Crippen molar-refractivity contribution in [3.8, 4) is 0 Å². The monoisotopic (exact) mass is 551 g/mol. The summed E-state index contributed by atoms with van der Waals surface area (Å²) in [5, 5.41) is 10.5. The van der Waals surface area contributed by atoms with E-state index in [2.05, 4.69) is 13.2 Å². The Balaban J connectivity index is 1.92. The first-order valence-electron chi connectivity index (χ1n) is 14.3. The van der Waals surface area contributed by atoms with Gasteiger partial charge in [-0.15, -0.1) is 13.2 Å². The second-order valence-corrected chi connectivity index (χ2v) is 12.5. The first-order chi connectivity index (χ1) is 18.8. The zero-order valence-corrected chi connectivity index (χ0v) is 25.0. The van der Waals surface area contributed by atoms with Crippen LogP contribution in [-0.4, -0.2) is 82.7 Å². The number of ether oxygens (including phenoxy) is 1. The third-order valence-electron chi connectivity index (χ3n) is 9.58. The first kappa shape index (κ1) is 30.0. The van der Waals surface area contributed by atoms with E-state index in [0.29, 0.717) is 13.0 Å². The van der Waals surface area contributed by atoms with Crippen LogP contribution in [0.1, 0.15) is 45.2 Å². The lowest BCUT2D eigenvalue weighted by Crippen LogP contribution is -2.60. The summed E-state index contributed by atoms with van der Waals surface area (Å²) in [6.45, 7) is 19.7. The number of amides is 3. The largest absolute Gasteiger partial charge is 0.394 e. The Morgan fingerprint density at radius 3 is 2.42 bits per heavy atom. The van der Waals surface area contributed by atoms with E-state index >= 15 is 0 Å². The van der Waals surface area contributed by atoms with Crippen molar-refractivity contribution in [3.63, 3.8) is 0 Å². The molecule has 218 valence electrons. The number of hydrogen-bond donors (Lipinski definition) is 1. The predicted octanol–water partition coefficient (Wildman–Crippen LogP) is 3.49. The van der Waals surface area contributed by atoms with Gasteiger partial charge in [-0.2, -0.15) is 0 Å². The molecule has 3 aliphatic rings.